The van der Waals surface area contributed by atoms with Gasteiger partial charge in [-0.05, 0) is 28.6 Å². The molecular formula is C15H11BrFN. The largest absolute Gasteiger partial charge is 0.380 e. The van der Waals surface area contributed by atoms with Crippen LogP contribution in [0.2, 0.25) is 0 Å². The molecule has 0 radical (unpaired) electrons. The van der Waals surface area contributed by atoms with E-state index in [0.717, 1.165) is 11.1 Å². The first-order chi connectivity index (χ1) is 8.79. The molecule has 90 valence electrons. The smallest absolute Gasteiger partial charge is 0.125 e. The second kappa shape index (κ2) is 6.23. The summed E-state index contributed by atoms with van der Waals surface area (Å²) in [5, 5.41) is 3.19. The van der Waals surface area contributed by atoms with Gasteiger partial charge in [-0.2, -0.15) is 0 Å². The Hall–Kier alpha value is -1.79. The first-order valence-corrected chi connectivity index (χ1v) is 6.28. The Balaban J connectivity index is 2.17. The van der Waals surface area contributed by atoms with Gasteiger partial charge in [0.15, 0.2) is 0 Å². The quantitative estimate of drug-likeness (QED) is 0.840. The molecule has 0 spiro atoms. The van der Waals surface area contributed by atoms with E-state index in [1.54, 1.807) is 6.07 Å². The lowest BCUT2D eigenvalue weighted by Gasteiger charge is -2.09. The molecule has 0 bridgehead atoms. The summed E-state index contributed by atoms with van der Waals surface area (Å²) in [5.41, 5.74) is 2.61. The molecule has 1 N–H and O–H groups in total. The maximum Gasteiger partial charge on any atom is 0.125 e. The third-order valence-electron chi connectivity index (χ3n) is 2.49. The predicted molar refractivity (Wildman–Crippen MR) is 76.0 cm³/mol. The summed E-state index contributed by atoms with van der Waals surface area (Å²) in [5.74, 6) is 2.60. The fourth-order valence-corrected chi connectivity index (χ4v) is 1.83. The maximum absolute atomic E-state index is 13.2. The van der Waals surface area contributed by atoms with Gasteiger partial charge in [-0.15, -0.1) is 0 Å². The summed E-state index contributed by atoms with van der Waals surface area (Å²) in [6.07, 6.45) is 0. The van der Waals surface area contributed by atoms with Crippen LogP contribution in [0.4, 0.5) is 10.1 Å². The van der Waals surface area contributed by atoms with Crippen LogP contribution in [0.25, 0.3) is 0 Å². The summed E-state index contributed by atoms with van der Waals surface area (Å²) >= 11 is 3.05. The monoisotopic (exact) mass is 303 g/mol. The van der Waals surface area contributed by atoms with Crippen LogP contribution in [0.5, 0.6) is 0 Å². The van der Waals surface area contributed by atoms with Crippen LogP contribution >= 0.6 is 15.9 Å². The van der Waals surface area contributed by atoms with E-state index in [-0.39, 0.29) is 5.82 Å². The van der Waals surface area contributed by atoms with E-state index in [0.29, 0.717) is 12.2 Å². The molecule has 0 fully saturated rings. The Bertz CT molecular complexity index is 584. The molecule has 18 heavy (non-hydrogen) atoms. The van der Waals surface area contributed by atoms with Crippen molar-refractivity contribution in [3.8, 4) is 10.8 Å². The summed E-state index contributed by atoms with van der Waals surface area (Å²) in [7, 11) is 0. The lowest BCUT2D eigenvalue weighted by atomic mass is 10.1. The second-order valence-corrected chi connectivity index (χ2v) is 4.15. The van der Waals surface area contributed by atoms with Crippen molar-refractivity contribution in [1.82, 2.24) is 0 Å². The van der Waals surface area contributed by atoms with Crippen molar-refractivity contribution in [3.63, 3.8) is 0 Å². The molecule has 0 aliphatic heterocycles. The Morgan fingerprint density at radius 2 is 1.89 bits per heavy atom. The van der Waals surface area contributed by atoms with E-state index in [1.807, 2.05) is 30.3 Å². The van der Waals surface area contributed by atoms with Gasteiger partial charge in [0.1, 0.15) is 5.82 Å². The molecule has 2 aromatic carbocycles. The highest BCUT2D eigenvalue weighted by Crippen LogP contribution is 2.17. The Kier molecular flexibility index (Phi) is 4.38. The maximum atomic E-state index is 13.2. The van der Waals surface area contributed by atoms with Crippen LogP contribution in [0, 0.1) is 16.6 Å². The number of hydrogen-bond donors (Lipinski definition) is 1. The molecule has 0 aliphatic carbocycles. The van der Waals surface area contributed by atoms with Crippen molar-refractivity contribution in [2.24, 2.45) is 0 Å². The molecule has 0 atom stereocenters. The van der Waals surface area contributed by atoms with E-state index in [1.165, 1.54) is 12.1 Å². The van der Waals surface area contributed by atoms with Crippen LogP contribution < -0.4 is 5.32 Å². The van der Waals surface area contributed by atoms with Crippen LogP contribution in [-0.2, 0) is 6.54 Å². The number of rotatable bonds is 3. The fourth-order valence-electron chi connectivity index (χ4n) is 1.62. The van der Waals surface area contributed by atoms with Crippen molar-refractivity contribution in [3.05, 3.63) is 65.5 Å². The molecule has 2 rings (SSSR count). The van der Waals surface area contributed by atoms with Crippen LogP contribution in [-0.4, -0.2) is 0 Å². The van der Waals surface area contributed by atoms with Crippen molar-refractivity contribution < 1.29 is 4.39 Å². The number of nitrogens with one attached hydrogen (secondary N) is 1. The van der Waals surface area contributed by atoms with Crippen molar-refractivity contribution >= 4 is 21.6 Å². The Labute approximate surface area is 114 Å². The van der Waals surface area contributed by atoms with Gasteiger partial charge in [-0.25, -0.2) is 4.39 Å². The first-order valence-electron chi connectivity index (χ1n) is 5.48. The molecule has 0 aromatic heterocycles. The molecule has 3 heteroatoms. The highest BCUT2D eigenvalue weighted by molar-refractivity contribution is 9.12. The second-order valence-electron chi connectivity index (χ2n) is 3.75. The minimum atomic E-state index is -0.273. The lowest BCUT2D eigenvalue weighted by molar-refractivity contribution is 0.628. The average molecular weight is 304 g/mol. The van der Waals surface area contributed by atoms with Crippen molar-refractivity contribution in [2.75, 3.05) is 5.32 Å². The van der Waals surface area contributed by atoms with Gasteiger partial charge in [0.2, 0.25) is 0 Å². The van der Waals surface area contributed by atoms with Gasteiger partial charge < -0.3 is 5.32 Å². The summed E-state index contributed by atoms with van der Waals surface area (Å²) < 4.78 is 13.2. The van der Waals surface area contributed by atoms with Crippen molar-refractivity contribution in [1.29, 1.82) is 0 Å². The third kappa shape index (κ3) is 3.35. The van der Waals surface area contributed by atoms with Gasteiger partial charge in [-0.3, -0.25) is 0 Å². The topological polar surface area (TPSA) is 12.0 Å². The molecular weight excluding hydrogens is 293 g/mol. The first kappa shape index (κ1) is 12.7. The van der Waals surface area contributed by atoms with E-state index >= 15 is 0 Å². The standard InChI is InChI=1S/C15H11BrFN/c16-9-8-13-6-7-14(17)10-15(13)18-11-12-4-2-1-3-5-12/h1-7,10,18H,11H2. The molecule has 0 heterocycles. The average Bonchev–Trinajstić information content (AvgIpc) is 2.40. The van der Waals surface area contributed by atoms with Gasteiger partial charge in [0.05, 0.1) is 5.69 Å². The van der Waals surface area contributed by atoms with Gasteiger partial charge in [-0.1, -0.05) is 36.3 Å². The molecule has 2 aromatic rings. The van der Waals surface area contributed by atoms with E-state index in [9.17, 15) is 4.39 Å². The van der Waals surface area contributed by atoms with E-state index in [2.05, 4.69) is 32.0 Å². The van der Waals surface area contributed by atoms with Gasteiger partial charge in [0, 0.05) is 28.0 Å². The summed E-state index contributed by atoms with van der Waals surface area (Å²) in [6.45, 7) is 0.640. The van der Waals surface area contributed by atoms with Crippen LogP contribution in [0.1, 0.15) is 11.1 Å². The minimum absolute atomic E-state index is 0.273. The zero-order chi connectivity index (χ0) is 12.8. The lowest BCUT2D eigenvalue weighted by Crippen LogP contribution is -2.01. The highest BCUT2D eigenvalue weighted by Gasteiger charge is 2.02. The molecule has 0 amide bonds. The van der Waals surface area contributed by atoms with Gasteiger partial charge in [0.25, 0.3) is 0 Å². The van der Waals surface area contributed by atoms with E-state index < -0.39 is 0 Å². The SMILES string of the molecule is Fc1ccc(C#CBr)c(NCc2ccccc2)c1. The molecule has 0 saturated heterocycles. The molecule has 0 saturated carbocycles. The number of hydrogen-bond acceptors (Lipinski definition) is 1. The predicted octanol–water partition coefficient (Wildman–Crippen LogP) is 4.14. The zero-order valence-electron chi connectivity index (χ0n) is 9.58. The number of halogens is 2. The summed E-state index contributed by atoms with van der Waals surface area (Å²) in [6, 6.07) is 14.5. The zero-order valence-corrected chi connectivity index (χ0v) is 11.2. The number of anilines is 1. The highest BCUT2D eigenvalue weighted by atomic mass is 79.9. The minimum Gasteiger partial charge on any atom is -0.380 e. The molecule has 0 aliphatic rings. The van der Waals surface area contributed by atoms with Crippen LogP contribution in [0.15, 0.2) is 48.5 Å². The van der Waals surface area contributed by atoms with Crippen molar-refractivity contribution in [2.45, 2.75) is 6.54 Å². The molecule has 0 unspecified atom stereocenters. The Morgan fingerprint density at radius 1 is 1.11 bits per heavy atom. The fraction of sp³-hybridized carbons (Fsp3) is 0.0667. The number of benzene rings is 2. The van der Waals surface area contributed by atoms with E-state index in [4.69, 9.17) is 0 Å². The molecule has 1 nitrogen and oxygen atoms in total. The normalized spacial score (nSPS) is 9.44. The Morgan fingerprint density at radius 3 is 2.61 bits per heavy atom. The van der Waals surface area contributed by atoms with Gasteiger partial charge >= 0.3 is 0 Å². The third-order valence-corrected chi connectivity index (χ3v) is 2.69. The van der Waals surface area contributed by atoms with Crippen LogP contribution in [0.3, 0.4) is 0 Å². The summed E-state index contributed by atoms with van der Waals surface area (Å²) in [4.78, 5) is 2.64.